The summed E-state index contributed by atoms with van der Waals surface area (Å²) in [6.45, 7) is 3.45. The summed E-state index contributed by atoms with van der Waals surface area (Å²) in [5, 5.41) is 2.89. The van der Waals surface area contributed by atoms with Gasteiger partial charge in [-0.2, -0.15) is 13.2 Å². The van der Waals surface area contributed by atoms with Gasteiger partial charge in [0.2, 0.25) is 21.8 Å². The molecule has 0 aromatic heterocycles. The molecule has 1 atom stereocenters. The molecule has 7 nitrogen and oxygen atoms in total. The second kappa shape index (κ2) is 14.4. The Bertz CT molecular complexity index is 1460. The van der Waals surface area contributed by atoms with Crippen molar-refractivity contribution in [3.8, 4) is 0 Å². The quantitative estimate of drug-likeness (QED) is 0.268. The summed E-state index contributed by atoms with van der Waals surface area (Å²) >= 11 is 0. The van der Waals surface area contributed by atoms with E-state index in [1.54, 1.807) is 6.07 Å². The number of carbonyl (C=O) groups is 2. The standard InChI is InChI=1S/C31H36F3N3O4S/c1-4-5-17-35-30(39)28(19-24-12-7-6-8-13-24)36(21-25-14-9-11-23(2)18-25)29(38)22-37(42(3,40)41)27-16-10-15-26(20-27)31(32,33)34/h6-16,18,20,28H,4-5,17,19,21-22H2,1-3H3,(H,35,39)/t28-/m0/s1. The molecule has 0 radical (unpaired) electrons. The summed E-state index contributed by atoms with van der Waals surface area (Å²) in [7, 11) is -4.19. The van der Waals surface area contributed by atoms with Crippen LogP contribution in [0.4, 0.5) is 18.9 Å². The van der Waals surface area contributed by atoms with E-state index in [2.05, 4.69) is 5.32 Å². The third kappa shape index (κ3) is 9.34. The normalized spacial score (nSPS) is 12.4. The smallest absolute Gasteiger partial charge is 0.354 e. The van der Waals surface area contributed by atoms with Crippen LogP contribution in [0.15, 0.2) is 78.9 Å². The van der Waals surface area contributed by atoms with E-state index in [1.165, 1.54) is 11.0 Å². The van der Waals surface area contributed by atoms with Crippen molar-refractivity contribution < 1.29 is 31.2 Å². The van der Waals surface area contributed by atoms with Crippen LogP contribution in [0.1, 0.15) is 42.0 Å². The minimum absolute atomic E-state index is 0.0145. The van der Waals surface area contributed by atoms with Gasteiger partial charge in [0.15, 0.2) is 0 Å². The van der Waals surface area contributed by atoms with Crippen molar-refractivity contribution in [1.82, 2.24) is 10.2 Å². The number of hydrogen-bond acceptors (Lipinski definition) is 4. The average Bonchev–Trinajstić information content (AvgIpc) is 2.93. The minimum Gasteiger partial charge on any atom is -0.354 e. The SMILES string of the molecule is CCCCNC(=O)[C@H](Cc1ccccc1)N(Cc1cccc(C)c1)C(=O)CN(c1cccc(C(F)(F)F)c1)S(C)(=O)=O. The Morgan fingerprint density at radius 2 is 1.60 bits per heavy atom. The van der Waals surface area contributed by atoms with Crippen LogP contribution in [0, 0.1) is 6.92 Å². The van der Waals surface area contributed by atoms with Gasteiger partial charge in [-0.1, -0.05) is 79.6 Å². The van der Waals surface area contributed by atoms with E-state index in [1.807, 2.05) is 62.4 Å². The van der Waals surface area contributed by atoms with Gasteiger partial charge in [0.1, 0.15) is 12.6 Å². The van der Waals surface area contributed by atoms with Gasteiger partial charge < -0.3 is 10.2 Å². The summed E-state index contributed by atoms with van der Waals surface area (Å²) in [5.41, 5.74) is 1.08. The summed E-state index contributed by atoms with van der Waals surface area (Å²) in [6.07, 6.45) is -2.16. The van der Waals surface area contributed by atoms with Gasteiger partial charge in [-0.25, -0.2) is 8.42 Å². The molecule has 0 unspecified atom stereocenters. The summed E-state index contributed by atoms with van der Waals surface area (Å²) < 4.78 is 66.6. The van der Waals surface area contributed by atoms with Crippen molar-refractivity contribution in [1.29, 1.82) is 0 Å². The topological polar surface area (TPSA) is 86.8 Å². The average molecular weight is 604 g/mol. The molecule has 0 aliphatic rings. The third-order valence-corrected chi connectivity index (χ3v) is 7.82. The number of halogens is 3. The van der Waals surface area contributed by atoms with Crippen LogP contribution in [0.2, 0.25) is 0 Å². The molecule has 3 rings (SSSR count). The molecule has 0 spiro atoms. The van der Waals surface area contributed by atoms with Crippen molar-refractivity contribution in [2.75, 3.05) is 23.7 Å². The van der Waals surface area contributed by atoms with E-state index >= 15 is 0 Å². The molecule has 3 aromatic rings. The minimum atomic E-state index is -4.71. The number of alkyl halides is 3. The lowest BCUT2D eigenvalue weighted by Gasteiger charge is -2.33. The molecule has 42 heavy (non-hydrogen) atoms. The third-order valence-electron chi connectivity index (χ3n) is 6.68. The largest absolute Gasteiger partial charge is 0.416 e. The number of nitrogens with one attached hydrogen (secondary N) is 1. The van der Waals surface area contributed by atoms with Gasteiger partial charge in [-0.15, -0.1) is 0 Å². The van der Waals surface area contributed by atoms with Crippen molar-refractivity contribution in [3.63, 3.8) is 0 Å². The Labute approximate surface area is 245 Å². The van der Waals surface area contributed by atoms with Gasteiger partial charge >= 0.3 is 6.18 Å². The molecule has 0 heterocycles. The fourth-order valence-electron chi connectivity index (χ4n) is 4.52. The van der Waals surface area contributed by atoms with Crippen LogP contribution < -0.4 is 9.62 Å². The van der Waals surface area contributed by atoms with Crippen LogP contribution in [0.5, 0.6) is 0 Å². The van der Waals surface area contributed by atoms with Crippen LogP contribution in [-0.2, 0) is 38.8 Å². The first-order valence-corrected chi connectivity index (χ1v) is 15.5. The summed E-state index contributed by atoms with van der Waals surface area (Å²) in [6, 6.07) is 19.2. The number of aryl methyl sites for hydroxylation is 1. The summed E-state index contributed by atoms with van der Waals surface area (Å²) in [5.74, 6) is -1.14. The number of nitrogens with zero attached hydrogens (tertiary/aromatic N) is 2. The molecular weight excluding hydrogens is 567 g/mol. The van der Waals surface area contributed by atoms with Gasteiger partial charge in [-0.05, 0) is 42.7 Å². The molecule has 0 aliphatic heterocycles. The van der Waals surface area contributed by atoms with Crippen LogP contribution in [0.25, 0.3) is 0 Å². The van der Waals surface area contributed by atoms with Crippen LogP contribution in [-0.4, -0.2) is 50.5 Å². The first-order valence-electron chi connectivity index (χ1n) is 13.6. The van der Waals surface area contributed by atoms with Crippen LogP contribution in [0.3, 0.4) is 0 Å². The predicted octanol–water partition coefficient (Wildman–Crippen LogP) is 5.34. The molecule has 0 fully saturated rings. The Balaban J connectivity index is 2.06. The Hall–Kier alpha value is -3.86. The Morgan fingerprint density at radius 3 is 2.21 bits per heavy atom. The predicted molar refractivity (Wildman–Crippen MR) is 157 cm³/mol. The van der Waals surface area contributed by atoms with E-state index in [4.69, 9.17) is 0 Å². The lowest BCUT2D eigenvalue weighted by molar-refractivity contribution is -0.140. The van der Waals surface area contributed by atoms with E-state index in [-0.39, 0.29) is 18.7 Å². The molecule has 0 aliphatic carbocycles. The van der Waals surface area contributed by atoms with Gasteiger partial charge in [0.25, 0.3) is 0 Å². The fraction of sp³-hybridized carbons (Fsp3) is 0.355. The number of carbonyl (C=O) groups excluding carboxylic acids is 2. The first kappa shape index (κ1) is 32.7. The number of rotatable bonds is 13. The highest BCUT2D eigenvalue weighted by Crippen LogP contribution is 2.32. The number of anilines is 1. The maximum atomic E-state index is 14.0. The number of benzene rings is 3. The maximum absolute atomic E-state index is 14.0. The number of amides is 2. The zero-order valence-electron chi connectivity index (χ0n) is 23.9. The number of hydrogen-bond donors (Lipinski definition) is 1. The molecule has 0 saturated heterocycles. The van der Waals surface area contributed by atoms with E-state index in [0.29, 0.717) is 22.5 Å². The second-order valence-corrected chi connectivity index (χ2v) is 12.1. The molecule has 2 amide bonds. The van der Waals surface area contributed by atoms with Crippen molar-refractivity contribution in [3.05, 3.63) is 101 Å². The molecule has 11 heteroatoms. The van der Waals surface area contributed by atoms with Crippen molar-refractivity contribution in [2.24, 2.45) is 0 Å². The van der Waals surface area contributed by atoms with E-state index in [9.17, 15) is 31.2 Å². The maximum Gasteiger partial charge on any atom is 0.416 e. The fourth-order valence-corrected chi connectivity index (χ4v) is 5.36. The highest BCUT2D eigenvalue weighted by Gasteiger charge is 2.35. The molecular formula is C31H36F3N3O4S. The van der Waals surface area contributed by atoms with E-state index in [0.717, 1.165) is 42.4 Å². The Morgan fingerprint density at radius 1 is 0.929 bits per heavy atom. The second-order valence-electron chi connectivity index (χ2n) is 10.2. The van der Waals surface area contributed by atoms with Crippen molar-refractivity contribution in [2.45, 2.75) is 51.9 Å². The highest BCUT2D eigenvalue weighted by molar-refractivity contribution is 7.92. The van der Waals surface area contributed by atoms with Crippen molar-refractivity contribution >= 4 is 27.5 Å². The highest BCUT2D eigenvalue weighted by atomic mass is 32.2. The lowest BCUT2D eigenvalue weighted by atomic mass is 10.0. The van der Waals surface area contributed by atoms with E-state index < -0.39 is 46.2 Å². The zero-order valence-corrected chi connectivity index (χ0v) is 24.7. The van der Waals surface area contributed by atoms with Gasteiger partial charge in [0.05, 0.1) is 17.5 Å². The number of sulfonamides is 1. The first-order chi connectivity index (χ1) is 19.8. The molecule has 0 saturated carbocycles. The zero-order chi connectivity index (χ0) is 30.9. The molecule has 1 N–H and O–H groups in total. The van der Waals surface area contributed by atoms with Gasteiger partial charge in [-0.3, -0.25) is 13.9 Å². The molecule has 226 valence electrons. The summed E-state index contributed by atoms with van der Waals surface area (Å²) in [4.78, 5) is 28.9. The molecule has 0 bridgehead atoms. The monoisotopic (exact) mass is 603 g/mol. The Kier molecular flexibility index (Phi) is 11.2. The lowest BCUT2D eigenvalue weighted by Crippen LogP contribution is -2.53. The number of unbranched alkanes of at least 4 members (excludes halogenated alkanes) is 1. The molecule has 3 aromatic carbocycles. The van der Waals surface area contributed by atoms with Gasteiger partial charge in [0, 0.05) is 19.5 Å². The van der Waals surface area contributed by atoms with Crippen LogP contribution >= 0.6 is 0 Å².